The van der Waals surface area contributed by atoms with E-state index in [-0.39, 0.29) is 11.9 Å². The Labute approximate surface area is 147 Å². The zero-order chi connectivity index (χ0) is 17.8. The number of benzene rings is 1. The predicted molar refractivity (Wildman–Crippen MR) is 95.3 cm³/mol. The van der Waals surface area contributed by atoms with Crippen LogP contribution in [-0.2, 0) is 4.74 Å². The lowest BCUT2D eigenvalue weighted by Crippen LogP contribution is -2.51. The minimum atomic E-state index is -0.0644. The molecule has 0 bridgehead atoms. The Bertz CT molecular complexity index is 713. The number of amides is 1. The van der Waals surface area contributed by atoms with Crippen molar-refractivity contribution in [1.29, 1.82) is 0 Å². The van der Waals surface area contributed by atoms with Gasteiger partial charge in [0.2, 0.25) is 0 Å². The maximum absolute atomic E-state index is 12.4. The number of hydrogen-bond acceptors (Lipinski definition) is 5. The second-order valence-electron chi connectivity index (χ2n) is 6.54. The molecule has 7 nitrogen and oxygen atoms in total. The van der Waals surface area contributed by atoms with E-state index in [1.165, 1.54) is 0 Å². The van der Waals surface area contributed by atoms with Crippen LogP contribution in [0.3, 0.4) is 0 Å². The van der Waals surface area contributed by atoms with Crippen molar-refractivity contribution in [2.45, 2.75) is 32.9 Å². The summed E-state index contributed by atoms with van der Waals surface area (Å²) in [6.45, 7) is 9.17. The van der Waals surface area contributed by atoms with Gasteiger partial charge in [0.1, 0.15) is 5.82 Å². The first-order valence-electron chi connectivity index (χ1n) is 8.65. The lowest BCUT2D eigenvalue weighted by molar-refractivity contribution is -0.0178. The van der Waals surface area contributed by atoms with Crippen LogP contribution in [0.4, 0.5) is 0 Å². The van der Waals surface area contributed by atoms with Crippen LogP contribution < -0.4 is 5.32 Å². The van der Waals surface area contributed by atoms with E-state index in [0.717, 1.165) is 31.1 Å². The van der Waals surface area contributed by atoms with Crippen molar-refractivity contribution >= 4 is 5.91 Å². The van der Waals surface area contributed by atoms with Crippen LogP contribution in [0.2, 0.25) is 0 Å². The van der Waals surface area contributed by atoms with E-state index >= 15 is 0 Å². The summed E-state index contributed by atoms with van der Waals surface area (Å²) < 4.78 is 5.46. The third-order valence-electron chi connectivity index (χ3n) is 4.55. The van der Waals surface area contributed by atoms with Crippen molar-refractivity contribution in [3.8, 4) is 11.4 Å². The van der Waals surface area contributed by atoms with Crippen molar-refractivity contribution in [3.05, 3.63) is 35.7 Å². The number of aromatic nitrogens is 3. The van der Waals surface area contributed by atoms with Gasteiger partial charge in [-0.15, -0.1) is 0 Å². The number of rotatable bonds is 5. The van der Waals surface area contributed by atoms with E-state index in [4.69, 9.17) is 4.74 Å². The molecule has 2 N–H and O–H groups in total. The molecule has 1 aliphatic heterocycles. The van der Waals surface area contributed by atoms with Gasteiger partial charge in [-0.1, -0.05) is 12.1 Å². The van der Waals surface area contributed by atoms with E-state index < -0.39 is 0 Å². The van der Waals surface area contributed by atoms with Crippen molar-refractivity contribution < 1.29 is 9.53 Å². The first-order valence-corrected chi connectivity index (χ1v) is 8.65. The number of nitrogens with zero attached hydrogens (tertiary/aromatic N) is 3. The predicted octanol–water partition coefficient (Wildman–Crippen LogP) is 1.62. The monoisotopic (exact) mass is 343 g/mol. The number of H-pyrrole nitrogens is 1. The third kappa shape index (κ3) is 4.24. The lowest BCUT2D eigenvalue weighted by atomic mass is 10.1. The molecule has 3 rings (SSSR count). The van der Waals surface area contributed by atoms with Gasteiger partial charge < -0.3 is 10.1 Å². The van der Waals surface area contributed by atoms with Gasteiger partial charge in [0.15, 0.2) is 5.82 Å². The summed E-state index contributed by atoms with van der Waals surface area (Å²) in [5, 5.41) is 9.97. The smallest absolute Gasteiger partial charge is 0.251 e. The molecule has 7 heteroatoms. The molecule has 0 saturated carbocycles. The summed E-state index contributed by atoms with van der Waals surface area (Å²) in [4.78, 5) is 19.0. The summed E-state index contributed by atoms with van der Waals surface area (Å²) in [5.41, 5.74) is 1.52. The topological polar surface area (TPSA) is 83.1 Å². The highest BCUT2D eigenvalue weighted by Crippen LogP contribution is 2.15. The number of morpholine rings is 1. The Hall–Kier alpha value is -2.25. The standard InChI is InChI=1S/C18H25N5O2/c1-12(23-8-9-25-11-13(23)2)10-19-18(24)16-6-4-15(5-7-16)17-20-14(3)21-22-17/h4-7,12-13H,8-11H2,1-3H3,(H,19,24)(H,20,21,22)/t12-,13-/m1/s1. The highest BCUT2D eigenvalue weighted by Gasteiger charge is 2.23. The van der Waals surface area contributed by atoms with Gasteiger partial charge in [-0.05, 0) is 32.9 Å². The molecule has 2 aromatic rings. The van der Waals surface area contributed by atoms with E-state index in [1.54, 1.807) is 12.1 Å². The lowest BCUT2D eigenvalue weighted by Gasteiger charge is -2.37. The van der Waals surface area contributed by atoms with Crippen LogP contribution in [0.5, 0.6) is 0 Å². The normalized spacial score (nSPS) is 19.6. The molecule has 1 aromatic carbocycles. The van der Waals surface area contributed by atoms with Crippen molar-refractivity contribution in [2.75, 3.05) is 26.3 Å². The van der Waals surface area contributed by atoms with E-state index in [2.05, 4.69) is 39.2 Å². The van der Waals surface area contributed by atoms with Crippen molar-refractivity contribution in [3.63, 3.8) is 0 Å². The molecule has 0 radical (unpaired) electrons. The minimum Gasteiger partial charge on any atom is -0.379 e. The van der Waals surface area contributed by atoms with E-state index in [1.807, 2.05) is 19.1 Å². The van der Waals surface area contributed by atoms with Crippen molar-refractivity contribution in [1.82, 2.24) is 25.4 Å². The second-order valence-corrected chi connectivity index (χ2v) is 6.54. The van der Waals surface area contributed by atoms with Gasteiger partial charge in [-0.25, -0.2) is 4.98 Å². The van der Waals surface area contributed by atoms with Gasteiger partial charge in [-0.3, -0.25) is 14.8 Å². The SMILES string of the molecule is Cc1nc(-c2ccc(C(=O)NC[C@@H](C)N3CCOC[C@H]3C)cc2)n[nH]1. The van der Waals surface area contributed by atoms with Crippen LogP contribution in [0.25, 0.3) is 11.4 Å². The Morgan fingerprint density at radius 3 is 2.84 bits per heavy atom. The van der Waals surface area contributed by atoms with Crippen LogP contribution >= 0.6 is 0 Å². The van der Waals surface area contributed by atoms with Gasteiger partial charge in [0.25, 0.3) is 5.91 Å². The molecule has 25 heavy (non-hydrogen) atoms. The number of aryl methyl sites for hydroxylation is 1. The summed E-state index contributed by atoms with van der Waals surface area (Å²) in [5.74, 6) is 1.34. The third-order valence-corrected chi connectivity index (χ3v) is 4.55. The summed E-state index contributed by atoms with van der Waals surface area (Å²) >= 11 is 0. The maximum Gasteiger partial charge on any atom is 0.251 e. The van der Waals surface area contributed by atoms with Crippen molar-refractivity contribution in [2.24, 2.45) is 0 Å². The molecule has 0 spiro atoms. The first-order chi connectivity index (χ1) is 12.0. The number of ether oxygens (including phenoxy) is 1. The number of carbonyl (C=O) groups excluding carboxylic acids is 1. The minimum absolute atomic E-state index is 0.0644. The first kappa shape index (κ1) is 17.6. The van der Waals surface area contributed by atoms with Gasteiger partial charge in [0, 0.05) is 36.3 Å². The van der Waals surface area contributed by atoms with Crippen LogP contribution in [0.15, 0.2) is 24.3 Å². The highest BCUT2D eigenvalue weighted by atomic mass is 16.5. The molecule has 0 unspecified atom stereocenters. The van der Waals surface area contributed by atoms with Crippen LogP contribution in [0, 0.1) is 6.92 Å². The fourth-order valence-electron chi connectivity index (χ4n) is 3.10. The number of hydrogen-bond donors (Lipinski definition) is 2. The molecule has 1 fully saturated rings. The average Bonchev–Trinajstić information content (AvgIpc) is 3.06. The van der Waals surface area contributed by atoms with Crippen LogP contribution in [0.1, 0.15) is 30.0 Å². The van der Waals surface area contributed by atoms with Crippen LogP contribution in [-0.4, -0.2) is 64.4 Å². The Balaban J connectivity index is 1.56. The fraction of sp³-hybridized carbons (Fsp3) is 0.500. The van der Waals surface area contributed by atoms with E-state index in [9.17, 15) is 4.79 Å². The molecule has 134 valence electrons. The zero-order valence-corrected chi connectivity index (χ0v) is 15.0. The molecular formula is C18H25N5O2. The zero-order valence-electron chi connectivity index (χ0n) is 15.0. The average molecular weight is 343 g/mol. The molecule has 1 saturated heterocycles. The molecule has 1 aromatic heterocycles. The Kier molecular flexibility index (Phi) is 5.45. The maximum atomic E-state index is 12.4. The molecular weight excluding hydrogens is 318 g/mol. The number of carbonyl (C=O) groups is 1. The number of nitrogens with one attached hydrogen (secondary N) is 2. The second kappa shape index (κ2) is 7.76. The summed E-state index contributed by atoms with van der Waals surface area (Å²) in [6, 6.07) is 8.00. The molecule has 2 atom stereocenters. The number of aromatic amines is 1. The van der Waals surface area contributed by atoms with Gasteiger partial charge in [0.05, 0.1) is 13.2 Å². The summed E-state index contributed by atoms with van der Waals surface area (Å²) in [6.07, 6.45) is 0. The van der Waals surface area contributed by atoms with Gasteiger partial charge in [-0.2, -0.15) is 5.10 Å². The molecule has 0 aliphatic carbocycles. The molecule has 1 amide bonds. The summed E-state index contributed by atoms with van der Waals surface area (Å²) in [7, 11) is 0. The molecule has 1 aliphatic rings. The largest absolute Gasteiger partial charge is 0.379 e. The van der Waals surface area contributed by atoms with Gasteiger partial charge >= 0.3 is 0 Å². The molecule has 2 heterocycles. The van der Waals surface area contributed by atoms with E-state index in [0.29, 0.717) is 24.0 Å². The highest BCUT2D eigenvalue weighted by molar-refractivity contribution is 5.94. The Morgan fingerprint density at radius 1 is 1.44 bits per heavy atom. The Morgan fingerprint density at radius 2 is 2.20 bits per heavy atom. The quantitative estimate of drug-likeness (QED) is 0.862. The fourth-order valence-corrected chi connectivity index (χ4v) is 3.10.